The minimum Gasteiger partial charge on any atom is -0.399 e. The molecule has 0 amide bonds. The number of hydrogen-bond donors (Lipinski definition) is 1. The molecule has 1 aliphatic rings. The third kappa shape index (κ3) is 2.93. The molecule has 0 saturated carbocycles. The van der Waals surface area contributed by atoms with Crippen LogP contribution in [0, 0.1) is 0 Å². The Morgan fingerprint density at radius 1 is 1.33 bits per heavy atom. The smallest absolute Gasteiger partial charge is 0.113 e. The van der Waals surface area contributed by atoms with Crippen LogP contribution in [-0.2, 0) is 6.54 Å². The molecule has 0 spiro atoms. The Morgan fingerprint density at radius 2 is 2.07 bits per heavy atom. The molecule has 1 aromatic carbocycles. The molecule has 0 bridgehead atoms. The SMILES string of the molecule is Nc1ccc(CN2CCCC(F)C2)cc1. The number of nitrogens with two attached hydrogens (primary N) is 1. The Kier molecular flexibility index (Phi) is 3.21. The van der Waals surface area contributed by atoms with Crippen molar-refractivity contribution in [2.24, 2.45) is 0 Å². The average Bonchev–Trinajstić information content (AvgIpc) is 2.22. The van der Waals surface area contributed by atoms with Crippen molar-refractivity contribution in [1.82, 2.24) is 4.90 Å². The Hall–Kier alpha value is -1.09. The summed E-state index contributed by atoms with van der Waals surface area (Å²) < 4.78 is 13.1. The monoisotopic (exact) mass is 208 g/mol. The molecule has 3 heteroatoms. The first-order valence-corrected chi connectivity index (χ1v) is 5.45. The van der Waals surface area contributed by atoms with E-state index in [1.54, 1.807) is 0 Å². The molecule has 1 saturated heterocycles. The second-order valence-corrected chi connectivity index (χ2v) is 4.22. The first-order chi connectivity index (χ1) is 7.24. The predicted molar refractivity (Wildman–Crippen MR) is 60.3 cm³/mol. The van der Waals surface area contributed by atoms with E-state index >= 15 is 0 Å². The summed E-state index contributed by atoms with van der Waals surface area (Å²) in [5, 5.41) is 0. The molecule has 0 radical (unpaired) electrons. The molecule has 1 fully saturated rings. The zero-order valence-electron chi connectivity index (χ0n) is 8.82. The number of likely N-dealkylation sites (tertiary alicyclic amines) is 1. The maximum Gasteiger partial charge on any atom is 0.113 e. The second kappa shape index (κ2) is 4.62. The van der Waals surface area contributed by atoms with Crippen molar-refractivity contribution < 1.29 is 4.39 Å². The number of nitrogen functional groups attached to an aromatic ring is 1. The number of piperidine rings is 1. The van der Waals surface area contributed by atoms with Gasteiger partial charge in [0.05, 0.1) is 0 Å². The fourth-order valence-corrected chi connectivity index (χ4v) is 2.02. The number of benzene rings is 1. The van der Waals surface area contributed by atoms with Crippen molar-refractivity contribution in [2.45, 2.75) is 25.6 Å². The maximum absolute atomic E-state index is 13.1. The molecular weight excluding hydrogens is 191 g/mol. The summed E-state index contributed by atoms with van der Waals surface area (Å²) in [7, 11) is 0. The van der Waals surface area contributed by atoms with E-state index in [9.17, 15) is 4.39 Å². The van der Waals surface area contributed by atoms with Crippen molar-refractivity contribution >= 4 is 5.69 Å². The summed E-state index contributed by atoms with van der Waals surface area (Å²) in [5.41, 5.74) is 7.59. The highest BCUT2D eigenvalue weighted by Crippen LogP contribution is 2.16. The first-order valence-electron chi connectivity index (χ1n) is 5.45. The van der Waals surface area contributed by atoms with Gasteiger partial charge in [-0.2, -0.15) is 0 Å². The third-order valence-electron chi connectivity index (χ3n) is 2.83. The Balaban J connectivity index is 1.93. The summed E-state index contributed by atoms with van der Waals surface area (Å²) in [5.74, 6) is 0. The zero-order chi connectivity index (χ0) is 10.7. The van der Waals surface area contributed by atoms with Gasteiger partial charge in [-0.05, 0) is 37.1 Å². The van der Waals surface area contributed by atoms with Crippen LogP contribution in [0.4, 0.5) is 10.1 Å². The van der Waals surface area contributed by atoms with Crippen LogP contribution in [0.5, 0.6) is 0 Å². The number of alkyl halides is 1. The standard InChI is InChI=1S/C12H17FN2/c13-11-2-1-7-15(9-11)8-10-3-5-12(14)6-4-10/h3-6,11H,1-2,7-9,14H2. The largest absolute Gasteiger partial charge is 0.399 e. The molecule has 1 atom stereocenters. The lowest BCUT2D eigenvalue weighted by Gasteiger charge is -2.28. The van der Waals surface area contributed by atoms with Gasteiger partial charge in [0.1, 0.15) is 6.17 Å². The van der Waals surface area contributed by atoms with Crippen LogP contribution in [0.2, 0.25) is 0 Å². The fourth-order valence-electron chi connectivity index (χ4n) is 2.02. The molecule has 2 N–H and O–H groups in total. The lowest BCUT2D eigenvalue weighted by atomic mass is 10.1. The number of hydrogen-bond acceptors (Lipinski definition) is 2. The number of rotatable bonds is 2. The minimum absolute atomic E-state index is 0.574. The fraction of sp³-hybridized carbons (Fsp3) is 0.500. The van der Waals surface area contributed by atoms with Crippen molar-refractivity contribution in [3.63, 3.8) is 0 Å². The summed E-state index contributed by atoms with van der Waals surface area (Å²) in [4.78, 5) is 2.17. The van der Waals surface area contributed by atoms with Gasteiger partial charge in [0.25, 0.3) is 0 Å². The highest BCUT2D eigenvalue weighted by Gasteiger charge is 2.18. The minimum atomic E-state index is -0.646. The Bertz CT molecular complexity index is 310. The third-order valence-corrected chi connectivity index (χ3v) is 2.83. The maximum atomic E-state index is 13.1. The molecule has 1 heterocycles. The first kappa shape index (κ1) is 10.4. The van der Waals surface area contributed by atoms with Crippen LogP contribution in [0.25, 0.3) is 0 Å². The zero-order valence-corrected chi connectivity index (χ0v) is 8.82. The molecular formula is C12H17FN2. The lowest BCUT2D eigenvalue weighted by molar-refractivity contribution is 0.133. The van der Waals surface area contributed by atoms with Gasteiger partial charge < -0.3 is 5.73 Å². The summed E-state index contributed by atoms with van der Waals surface area (Å²) in [6.07, 6.45) is 1.04. The van der Waals surface area contributed by atoms with Crippen molar-refractivity contribution in [3.8, 4) is 0 Å². The van der Waals surface area contributed by atoms with E-state index in [1.807, 2.05) is 24.3 Å². The lowest BCUT2D eigenvalue weighted by Crippen LogP contribution is -2.35. The van der Waals surface area contributed by atoms with E-state index in [2.05, 4.69) is 4.90 Å². The number of nitrogens with zero attached hydrogens (tertiary/aromatic N) is 1. The Labute approximate surface area is 89.9 Å². The van der Waals surface area contributed by atoms with E-state index in [0.717, 1.165) is 31.6 Å². The summed E-state index contributed by atoms with van der Waals surface area (Å²) >= 11 is 0. The van der Waals surface area contributed by atoms with Crippen LogP contribution < -0.4 is 5.73 Å². The molecule has 1 unspecified atom stereocenters. The number of halogens is 1. The second-order valence-electron chi connectivity index (χ2n) is 4.22. The van der Waals surface area contributed by atoms with Gasteiger partial charge in [-0.1, -0.05) is 12.1 Å². The van der Waals surface area contributed by atoms with E-state index < -0.39 is 6.17 Å². The molecule has 1 aliphatic heterocycles. The van der Waals surface area contributed by atoms with E-state index in [4.69, 9.17) is 5.73 Å². The van der Waals surface area contributed by atoms with Gasteiger partial charge >= 0.3 is 0 Å². The van der Waals surface area contributed by atoms with Crippen LogP contribution in [0.1, 0.15) is 18.4 Å². The van der Waals surface area contributed by atoms with Gasteiger partial charge in [0.15, 0.2) is 0 Å². The molecule has 2 rings (SSSR count). The van der Waals surface area contributed by atoms with E-state index in [1.165, 1.54) is 5.56 Å². The topological polar surface area (TPSA) is 29.3 Å². The molecule has 2 nitrogen and oxygen atoms in total. The van der Waals surface area contributed by atoms with Crippen molar-refractivity contribution in [1.29, 1.82) is 0 Å². The summed E-state index contributed by atoms with van der Waals surface area (Å²) in [6.45, 7) is 2.41. The van der Waals surface area contributed by atoms with E-state index in [-0.39, 0.29) is 0 Å². The molecule has 82 valence electrons. The summed E-state index contributed by atoms with van der Waals surface area (Å²) in [6, 6.07) is 7.81. The van der Waals surface area contributed by atoms with Gasteiger partial charge in [-0.15, -0.1) is 0 Å². The van der Waals surface area contributed by atoms with Crippen molar-refractivity contribution in [2.75, 3.05) is 18.8 Å². The van der Waals surface area contributed by atoms with Gasteiger partial charge in [-0.25, -0.2) is 4.39 Å². The molecule has 1 aromatic rings. The molecule has 0 aromatic heterocycles. The molecule has 15 heavy (non-hydrogen) atoms. The van der Waals surface area contributed by atoms with Crippen LogP contribution in [0.3, 0.4) is 0 Å². The average molecular weight is 208 g/mol. The predicted octanol–water partition coefficient (Wildman–Crippen LogP) is 2.20. The highest BCUT2D eigenvalue weighted by molar-refractivity contribution is 5.39. The Morgan fingerprint density at radius 3 is 2.73 bits per heavy atom. The normalized spacial score (nSPS) is 22.9. The van der Waals surface area contributed by atoms with Gasteiger partial charge in [-0.3, -0.25) is 4.90 Å². The number of anilines is 1. The van der Waals surface area contributed by atoms with Crippen LogP contribution in [-0.4, -0.2) is 24.2 Å². The van der Waals surface area contributed by atoms with Gasteiger partial charge in [0, 0.05) is 18.8 Å². The van der Waals surface area contributed by atoms with Crippen LogP contribution in [0.15, 0.2) is 24.3 Å². The van der Waals surface area contributed by atoms with Gasteiger partial charge in [0.2, 0.25) is 0 Å². The van der Waals surface area contributed by atoms with Crippen molar-refractivity contribution in [3.05, 3.63) is 29.8 Å². The molecule has 0 aliphatic carbocycles. The van der Waals surface area contributed by atoms with E-state index in [0.29, 0.717) is 6.54 Å². The quantitative estimate of drug-likeness (QED) is 0.755. The highest BCUT2D eigenvalue weighted by atomic mass is 19.1. The van der Waals surface area contributed by atoms with Crippen LogP contribution >= 0.6 is 0 Å².